The molecule has 0 saturated heterocycles. The fourth-order valence-corrected chi connectivity index (χ4v) is 0.189. The van der Waals surface area contributed by atoms with Gasteiger partial charge in [-0.05, 0) is 13.8 Å². The van der Waals surface area contributed by atoms with Gasteiger partial charge in [0.2, 0.25) is 0 Å². The first-order valence-electron chi connectivity index (χ1n) is 3.43. The van der Waals surface area contributed by atoms with E-state index in [9.17, 15) is 4.79 Å². The molecular weight excluding hydrogens is 148 g/mol. The summed E-state index contributed by atoms with van der Waals surface area (Å²) in [7, 11) is 0. The molecule has 0 aliphatic carbocycles. The second kappa shape index (κ2) is 9.39. The molecule has 0 amide bonds. The third kappa shape index (κ3) is 44.6. The molecule has 0 aromatic heterocycles. The summed E-state index contributed by atoms with van der Waals surface area (Å²) >= 11 is 0. The lowest BCUT2D eigenvalue weighted by Crippen LogP contribution is -2.03. The van der Waals surface area contributed by atoms with Gasteiger partial charge in [-0.15, -0.1) is 0 Å². The molecule has 0 rings (SSSR count). The van der Waals surface area contributed by atoms with Gasteiger partial charge in [-0.2, -0.15) is 0 Å². The van der Waals surface area contributed by atoms with Crippen LogP contribution in [0.25, 0.3) is 0 Å². The van der Waals surface area contributed by atoms with E-state index in [2.05, 4.69) is 4.74 Å². The number of aliphatic hydroxyl groups excluding tert-OH is 2. The Morgan fingerprint density at radius 2 is 1.91 bits per heavy atom. The van der Waals surface area contributed by atoms with E-state index >= 15 is 0 Å². The number of carbonyl (C=O) groups is 1. The number of aliphatic hydroxyl groups is 2. The first-order chi connectivity index (χ1) is 5.00. The Morgan fingerprint density at radius 3 is 2.00 bits per heavy atom. The van der Waals surface area contributed by atoms with Crippen LogP contribution in [-0.4, -0.2) is 35.5 Å². The number of rotatable bonds is 2. The van der Waals surface area contributed by atoms with Crippen LogP contribution in [0.15, 0.2) is 0 Å². The second-order valence-corrected chi connectivity index (χ2v) is 2.16. The van der Waals surface area contributed by atoms with Crippen LogP contribution in [0.4, 0.5) is 0 Å². The Kier molecular flexibility index (Phi) is 11.1. The van der Waals surface area contributed by atoms with Gasteiger partial charge in [0.15, 0.2) is 0 Å². The number of esters is 1. The zero-order valence-corrected chi connectivity index (χ0v) is 7.20. The summed E-state index contributed by atoms with van der Waals surface area (Å²) in [6.07, 6.45) is -0.167. The van der Waals surface area contributed by atoms with Crippen molar-refractivity contribution in [1.29, 1.82) is 0 Å². The average Bonchev–Trinajstić information content (AvgIpc) is 1.82. The molecule has 4 heteroatoms. The quantitative estimate of drug-likeness (QED) is 0.560. The minimum absolute atomic E-state index is 0.0976. The van der Waals surface area contributed by atoms with Crippen molar-refractivity contribution in [2.45, 2.75) is 26.9 Å². The fourth-order valence-electron chi connectivity index (χ4n) is 0.189. The van der Waals surface area contributed by atoms with Gasteiger partial charge in [-0.1, -0.05) is 0 Å². The maximum Gasteiger partial charge on any atom is 0.302 e. The smallest absolute Gasteiger partial charge is 0.302 e. The highest BCUT2D eigenvalue weighted by molar-refractivity contribution is 5.65. The molecule has 0 aliphatic rings. The van der Waals surface area contributed by atoms with Gasteiger partial charge in [-0.3, -0.25) is 4.79 Å². The van der Waals surface area contributed by atoms with Gasteiger partial charge in [0, 0.05) is 13.0 Å². The van der Waals surface area contributed by atoms with Crippen molar-refractivity contribution in [3.05, 3.63) is 0 Å². The Morgan fingerprint density at radius 1 is 1.55 bits per heavy atom. The van der Waals surface area contributed by atoms with Crippen molar-refractivity contribution < 1.29 is 19.7 Å². The Balaban J connectivity index is 0. The molecule has 0 heterocycles. The van der Waals surface area contributed by atoms with Crippen LogP contribution in [-0.2, 0) is 9.53 Å². The minimum Gasteiger partial charge on any atom is -0.463 e. The van der Waals surface area contributed by atoms with Gasteiger partial charge in [0.05, 0.1) is 6.61 Å². The van der Waals surface area contributed by atoms with Gasteiger partial charge in [0.25, 0.3) is 0 Å². The fraction of sp³-hybridized carbons (Fsp3) is 0.857. The topological polar surface area (TPSA) is 66.8 Å². The number of ether oxygens (including phenoxy) is 1. The van der Waals surface area contributed by atoms with Crippen molar-refractivity contribution in [3.63, 3.8) is 0 Å². The summed E-state index contributed by atoms with van der Waals surface area (Å²) in [5.41, 5.74) is 0. The standard InChI is InChI=1S/C4H8O3.C3H8O/c1-4(6)7-3-2-5;1-3(2)4/h5H,2-3H2,1H3;3-4H,1-2H3. The molecule has 0 bridgehead atoms. The van der Waals surface area contributed by atoms with Gasteiger partial charge < -0.3 is 14.9 Å². The van der Waals surface area contributed by atoms with Crippen LogP contribution in [0.2, 0.25) is 0 Å². The highest BCUT2D eigenvalue weighted by Crippen LogP contribution is 1.71. The first kappa shape index (κ1) is 13.0. The highest BCUT2D eigenvalue weighted by Gasteiger charge is 1.86. The summed E-state index contributed by atoms with van der Waals surface area (Å²) in [4.78, 5) is 9.87. The Bertz CT molecular complexity index is 87.7. The van der Waals surface area contributed by atoms with Crippen molar-refractivity contribution >= 4 is 5.97 Å². The van der Waals surface area contributed by atoms with Crippen LogP contribution in [0.1, 0.15) is 20.8 Å². The lowest BCUT2D eigenvalue weighted by Gasteiger charge is -1.93. The molecule has 0 radical (unpaired) electrons. The molecule has 2 N–H and O–H groups in total. The van der Waals surface area contributed by atoms with Crippen molar-refractivity contribution in [2.24, 2.45) is 0 Å². The molecule has 68 valence electrons. The van der Waals surface area contributed by atoms with E-state index in [1.807, 2.05) is 0 Å². The molecule has 0 spiro atoms. The predicted molar refractivity (Wildman–Crippen MR) is 41.1 cm³/mol. The predicted octanol–water partition coefficient (Wildman–Crippen LogP) is -0.0711. The molecule has 0 saturated carbocycles. The Hall–Kier alpha value is -0.610. The highest BCUT2D eigenvalue weighted by atomic mass is 16.5. The van der Waals surface area contributed by atoms with E-state index in [-0.39, 0.29) is 25.3 Å². The minimum atomic E-state index is -0.353. The van der Waals surface area contributed by atoms with E-state index in [4.69, 9.17) is 10.2 Å². The van der Waals surface area contributed by atoms with E-state index in [1.165, 1.54) is 6.92 Å². The maximum absolute atomic E-state index is 9.87. The van der Waals surface area contributed by atoms with Gasteiger partial charge >= 0.3 is 5.97 Å². The summed E-state index contributed by atoms with van der Waals surface area (Å²) in [5.74, 6) is -0.353. The monoisotopic (exact) mass is 164 g/mol. The number of carbonyl (C=O) groups excluding carboxylic acids is 1. The molecule has 0 fully saturated rings. The molecular formula is C7H16O4. The summed E-state index contributed by atoms with van der Waals surface area (Å²) in [6, 6.07) is 0. The molecule has 0 unspecified atom stereocenters. The lowest BCUT2D eigenvalue weighted by atomic mass is 10.5. The molecule has 0 aromatic rings. The first-order valence-corrected chi connectivity index (χ1v) is 3.43. The number of hydrogen-bond donors (Lipinski definition) is 2. The SMILES string of the molecule is CC(=O)OCCO.CC(C)O. The van der Waals surface area contributed by atoms with Crippen LogP contribution in [0, 0.1) is 0 Å². The normalized spacial score (nSPS) is 8.55. The molecule has 11 heavy (non-hydrogen) atoms. The molecule has 0 aromatic carbocycles. The van der Waals surface area contributed by atoms with E-state index in [0.717, 1.165) is 0 Å². The van der Waals surface area contributed by atoms with Gasteiger partial charge in [0.1, 0.15) is 6.61 Å². The lowest BCUT2D eigenvalue weighted by molar-refractivity contribution is -0.141. The Labute approximate surface area is 66.8 Å². The van der Waals surface area contributed by atoms with Crippen LogP contribution >= 0.6 is 0 Å². The van der Waals surface area contributed by atoms with Crippen LogP contribution in [0.5, 0.6) is 0 Å². The summed E-state index contributed by atoms with van der Waals surface area (Å²) in [5, 5.41) is 16.1. The third-order valence-electron chi connectivity index (χ3n) is 0.397. The van der Waals surface area contributed by atoms with Gasteiger partial charge in [-0.25, -0.2) is 0 Å². The van der Waals surface area contributed by atoms with E-state index in [1.54, 1.807) is 13.8 Å². The van der Waals surface area contributed by atoms with Crippen molar-refractivity contribution in [2.75, 3.05) is 13.2 Å². The van der Waals surface area contributed by atoms with Crippen molar-refractivity contribution in [1.82, 2.24) is 0 Å². The third-order valence-corrected chi connectivity index (χ3v) is 0.397. The van der Waals surface area contributed by atoms with E-state index < -0.39 is 0 Å². The molecule has 0 aliphatic heterocycles. The summed E-state index contributed by atoms with van der Waals surface area (Å²) in [6.45, 7) is 4.75. The van der Waals surface area contributed by atoms with Crippen molar-refractivity contribution in [3.8, 4) is 0 Å². The number of hydrogen-bond acceptors (Lipinski definition) is 4. The molecule has 4 nitrogen and oxygen atoms in total. The molecule has 0 atom stereocenters. The average molecular weight is 164 g/mol. The zero-order valence-electron chi connectivity index (χ0n) is 7.20. The largest absolute Gasteiger partial charge is 0.463 e. The second-order valence-electron chi connectivity index (χ2n) is 2.16. The van der Waals surface area contributed by atoms with Crippen LogP contribution < -0.4 is 0 Å². The van der Waals surface area contributed by atoms with Crippen LogP contribution in [0.3, 0.4) is 0 Å². The summed E-state index contributed by atoms with van der Waals surface area (Å²) < 4.78 is 4.30. The van der Waals surface area contributed by atoms with E-state index in [0.29, 0.717) is 0 Å². The maximum atomic E-state index is 9.87. The zero-order chi connectivity index (χ0) is 9.28.